The topological polar surface area (TPSA) is 44.0 Å². The fourth-order valence-electron chi connectivity index (χ4n) is 2.25. The van der Waals surface area contributed by atoms with E-state index in [2.05, 4.69) is 6.07 Å². The molecule has 0 aliphatic heterocycles. The molecule has 0 aliphatic carbocycles. The standard InChI is InChI=1S/C15H14FNOS/c16-15-10-19-9-14(15)12(6-7-18)13(8-17)11-4-2-1-3-5-11/h1-5,9-10,12-13,18H,6-7H2/t12-,13-/m1/s1. The van der Waals surface area contributed by atoms with Gasteiger partial charge in [0.05, 0.1) is 12.0 Å². The smallest absolute Gasteiger partial charge is 0.137 e. The summed E-state index contributed by atoms with van der Waals surface area (Å²) in [5.74, 6) is -1.05. The molecule has 0 fully saturated rings. The monoisotopic (exact) mass is 275 g/mol. The van der Waals surface area contributed by atoms with Crippen LogP contribution in [0.4, 0.5) is 4.39 Å². The molecule has 2 atom stereocenters. The van der Waals surface area contributed by atoms with Crippen molar-refractivity contribution >= 4 is 11.3 Å². The minimum Gasteiger partial charge on any atom is -0.396 e. The zero-order valence-corrected chi connectivity index (χ0v) is 11.1. The number of aliphatic hydroxyl groups is 1. The van der Waals surface area contributed by atoms with Crippen molar-refractivity contribution in [2.75, 3.05) is 6.61 Å². The molecule has 0 radical (unpaired) electrons. The third-order valence-corrected chi connectivity index (χ3v) is 3.92. The number of halogens is 1. The summed E-state index contributed by atoms with van der Waals surface area (Å²) in [5, 5.41) is 21.8. The molecule has 2 nitrogen and oxygen atoms in total. The molecule has 0 saturated carbocycles. The van der Waals surface area contributed by atoms with Gasteiger partial charge >= 0.3 is 0 Å². The molecule has 1 aromatic heterocycles. The molecule has 0 saturated heterocycles. The summed E-state index contributed by atoms with van der Waals surface area (Å²) in [6.45, 7) is -0.0645. The molecular weight excluding hydrogens is 261 g/mol. The van der Waals surface area contributed by atoms with Crippen LogP contribution in [0.2, 0.25) is 0 Å². The number of thiophene rings is 1. The summed E-state index contributed by atoms with van der Waals surface area (Å²) in [6, 6.07) is 11.6. The lowest BCUT2D eigenvalue weighted by Gasteiger charge is -2.21. The summed E-state index contributed by atoms with van der Waals surface area (Å²) < 4.78 is 13.8. The van der Waals surface area contributed by atoms with Gasteiger partial charge in [-0.25, -0.2) is 4.39 Å². The molecule has 0 aliphatic rings. The Morgan fingerprint density at radius 3 is 2.53 bits per heavy atom. The predicted molar refractivity (Wildman–Crippen MR) is 73.5 cm³/mol. The number of rotatable bonds is 5. The van der Waals surface area contributed by atoms with Crippen LogP contribution in [0.1, 0.15) is 29.4 Å². The summed E-state index contributed by atoms with van der Waals surface area (Å²) in [6.07, 6.45) is 0.376. The van der Waals surface area contributed by atoms with E-state index in [1.807, 2.05) is 30.3 Å². The van der Waals surface area contributed by atoms with Gasteiger partial charge in [-0.05, 0) is 17.4 Å². The van der Waals surface area contributed by atoms with Gasteiger partial charge in [-0.2, -0.15) is 5.26 Å². The van der Waals surface area contributed by atoms with Gasteiger partial charge in [0.2, 0.25) is 0 Å². The average Bonchev–Trinajstić information content (AvgIpc) is 2.86. The van der Waals surface area contributed by atoms with Gasteiger partial charge in [0.15, 0.2) is 0 Å². The van der Waals surface area contributed by atoms with Crippen LogP contribution in [0.5, 0.6) is 0 Å². The Labute approximate surface area is 115 Å². The molecule has 1 aromatic carbocycles. The van der Waals surface area contributed by atoms with Crippen LogP contribution < -0.4 is 0 Å². The molecule has 0 bridgehead atoms. The summed E-state index contributed by atoms with van der Waals surface area (Å²) >= 11 is 1.28. The van der Waals surface area contributed by atoms with Gasteiger partial charge in [-0.1, -0.05) is 30.3 Å². The van der Waals surface area contributed by atoms with Crippen molar-refractivity contribution in [3.05, 3.63) is 58.0 Å². The minimum atomic E-state index is -0.447. The van der Waals surface area contributed by atoms with Crippen LogP contribution in [0.3, 0.4) is 0 Å². The van der Waals surface area contributed by atoms with Gasteiger partial charge in [0.25, 0.3) is 0 Å². The largest absolute Gasteiger partial charge is 0.396 e. The lowest BCUT2D eigenvalue weighted by Crippen LogP contribution is -2.12. The van der Waals surface area contributed by atoms with Gasteiger partial charge in [-0.15, -0.1) is 11.3 Å². The molecule has 19 heavy (non-hydrogen) atoms. The summed E-state index contributed by atoms with van der Waals surface area (Å²) in [4.78, 5) is 0. The van der Waals surface area contributed by atoms with E-state index in [0.717, 1.165) is 5.56 Å². The lowest BCUT2D eigenvalue weighted by atomic mass is 9.81. The highest BCUT2D eigenvalue weighted by atomic mass is 32.1. The fraction of sp³-hybridized carbons (Fsp3) is 0.267. The number of hydrogen-bond donors (Lipinski definition) is 1. The van der Waals surface area contributed by atoms with Crippen LogP contribution in [-0.4, -0.2) is 11.7 Å². The average molecular weight is 275 g/mol. The third-order valence-electron chi connectivity index (χ3n) is 3.18. The maximum absolute atomic E-state index is 13.8. The summed E-state index contributed by atoms with van der Waals surface area (Å²) in [7, 11) is 0. The Bertz CT molecular complexity index is 561. The van der Waals surface area contributed by atoms with Crippen molar-refractivity contribution in [2.45, 2.75) is 18.3 Å². The molecule has 98 valence electrons. The Balaban J connectivity index is 2.38. The first-order valence-corrected chi connectivity index (χ1v) is 6.99. The first kappa shape index (κ1) is 13.7. The normalized spacial score (nSPS) is 13.7. The van der Waals surface area contributed by atoms with Gasteiger partial charge < -0.3 is 5.11 Å². The van der Waals surface area contributed by atoms with E-state index in [0.29, 0.717) is 12.0 Å². The second-order valence-electron chi connectivity index (χ2n) is 4.31. The maximum atomic E-state index is 13.8. The van der Waals surface area contributed by atoms with Crippen molar-refractivity contribution in [1.29, 1.82) is 5.26 Å². The van der Waals surface area contributed by atoms with E-state index in [-0.39, 0.29) is 18.3 Å². The van der Waals surface area contributed by atoms with Crippen LogP contribution >= 0.6 is 11.3 Å². The van der Waals surface area contributed by atoms with Crippen molar-refractivity contribution in [1.82, 2.24) is 0 Å². The van der Waals surface area contributed by atoms with Crippen molar-refractivity contribution in [3.63, 3.8) is 0 Å². The first-order valence-electron chi connectivity index (χ1n) is 6.05. The number of aliphatic hydroxyl groups excluding tert-OH is 1. The Morgan fingerprint density at radius 2 is 2.00 bits per heavy atom. The predicted octanol–water partition coefficient (Wildman–Crippen LogP) is 3.66. The number of hydrogen-bond acceptors (Lipinski definition) is 3. The zero-order chi connectivity index (χ0) is 13.7. The van der Waals surface area contributed by atoms with Crippen molar-refractivity contribution in [2.24, 2.45) is 0 Å². The van der Waals surface area contributed by atoms with E-state index < -0.39 is 5.92 Å². The molecule has 1 N–H and O–H groups in total. The number of nitriles is 1. The number of nitrogens with zero attached hydrogens (tertiary/aromatic N) is 1. The van der Waals surface area contributed by atoms with E-state index in [9.17, 15) is 14.8 Å². The molecular formula is C15H14FNOS. The highest BCUT2D eigenvalue weighted by molar-refractivity contribution is 7.08. The maximum Gasteiger partial charge on any atom is 0.137 e. The van der Waals surface area contributed by atoms with Crippen LogP contribution in [0.15, 0.2) is 41.1 Å². The first-order chi connectivity index (χ1) is 9.27. The van der Waals surface area contributed by atoms with E-state index in [4.69, 9.17) is 0 Å². The number of benzene rings is 1. The molecule has 4 heteroatoms. The molecule has 2 rings (SSSR count). The Hall–Kier alpha value is -1.70. The van der Waals surface area contributed by atoms with Crippen LogP contribution in [0.25, 0.3) is 0 Å². The van der Waals surface area contributed by atoms with Gasteiger partial charge in [0.1, 0.15) is 5.82 Å². The molecule has 0 amide bonds. The Kier molecular flexibility index (Phi) is 4.67. The quantitative estimate of drug-likeness (QED) is 0.905. The summed E-state index contributed by atoms with van der Waals surface area (Å²) in [5.41, 5.74) is 1.38. The zero-order valence-electron chi connectivity index (χ0n) is 10.3. The van der Waals surface area contributed by atoms with Crippen LogP contribution in [-0.2, 0) is 0 Å². The van der Waals surface area contributed by atoms with Gasteiger partial charge in [-0.3, -0.25) is 0 Å². The van der Waals surface area contributed by atoms with Crippen LogP contribution in [0, 0.1) is 17.1 Å². The lowest BCUT2D eigenvalue weighted by molar-refractivity contribution is 0.271. The fourth-order valence-corrected chi connectivity index (χ4v) is 3.01. The molecule has 1 heterocycles. The van der Waals surface area contributed by atoms with Crippen molar-refractivity contribution < 1.29 is 9.50 Å². The third kappa shape index (κ3) is 3.01. The second-order valence-corrected chi connectivity index (χ2v) is 5.05. The highest BCUT2D eigenvalue weighted by Gasteiger charge is 2.27. The SMILES string of the molecule is N#C[C@H](c1ccccc1)[C@@H](CCO)c1cscc1F. The molecule has 2 aromatic rings. The minimum absolute atomic E-state index is 0.0645. The molecule has 0 spiro atoms. The second kappa shape index (κ2) is 6.46. The highest BCUT2D eigenvalue weighted by Crippen LogP contribution is 2.37. The Morgan fingerprint density at radius 1 is 1.26 bits per heavy atom. The van der Waals surface area contributed by atoms with E-state index in [1.165, 1.54) is 16.7 Å². The van der Waals surface area contributed by atoms with E-state index >= 15 is 0 Å². The van der Waals surface area contributed by atoms with Gasteiger partial charge in [0, 0.05) is 23.5 Å². The molecule has 0 unspecified atom stereocenters. The van der Waals surface area contributed by atoms with E-state index in [1.54, 1.807) is 5.38 Å². The van der Waals surface area contributed by atoms with Crippen molar-refractivity contribution in [3.8, 4) is 6.07 Å².